The van der Waals surface area contributed by atoms with Gasteiger partial charge >= 0.3 is 12.7 Å². The van der Waals surface area contributed by atoms with Gasteiger partial charge in [-0.3, -0.25) is 4.79 Å². The Hall–Kier alpha value is -3.37. The number of alkyl halides is 2. The van der Waals surface area contributed by atoms with Crippen molar-refractivity contribution >= 4 is 12.0 Å². The molecule has 2 amide bonds. The normalized spacial score (nSPS) is 16.6. The number of ether oxygens (including phenoxy) is 3. The first-order valence-corrected chi connectivity index (χ1v) is 12.3. The molecule has 0 unspecified atom stereocenters. The summed E-state index contributed by atoms with van der Waals surface area (Å²) >= 11 is 0. The summed E-state index contributed by atoms with van der Waals surface area (Å²) in [7, 11) is 0. The van der Waals surface area contributed by atoms with Crippen molar-refractivity contribution < 1.29 is 37.0 Å². The van der Waals surface area contributed by atoms with Gasteiger partial charge in [0.1, 0.15) is 5.60 Å². The number of carbonyl (C=O) groups is 2. The highest BCUT2D eigenvalue weighted by molar-refractivity contribution is 5.94. The fourth-order valence-corrected chi connectivity index (χ4v) is 3.81. The Morgan fingerprint density at radius 1 is 1.24 bits per heavy atom. The molecule has 37 heavy (non-hydrogen) atoms. The molecule has 1 saturated heterocycles. The van der Waals surface area contributed by atoms with Crippen LogP contribution in [0.5, 0.6) is 11.5 Å². The molecule has 201 valence electrons. The number of aromatic nitrogens is 1. The number of alkyl carbamates (subject to hydrolysis) is 1. The van der Waals surface area contributed by atoms with Crippen molar-refractivity contribution in [3.05, 3.63) is 36.1 Å². The predicted molar refractivity (Wildman–Crippen MR) is 129 cm³/mol. The molecule has 2 fully saturated rings. The van der Waals surface area contributed by atoms with Gasteiger partial charge < -0.3 is 28.8 Å². The summed E-state index contributed by atoms with van der Waals surface area (Å²) < 4.78 is 47.6. The molecular weight excluding hydrogens is 488 g/mol. The Bertz CT molecular complexity index is 1120. The first-order valence-electron chi connectivity index (χ1n) is 12.3. The van der Waals surface area contributed by atoms with E-state index in [2.05, 4.69) is 15.0 Å². The van der Waals surface area contributed by atoms with E-state index in [1.54, 1.807) is 32.6 Å². The van der Waals surface area contributed by atoms with Gasteiger partial charge in [-0.2, -0.15) is 8.78 Å². The molecule has 2 aromatic rings. The zero-order valence-electron chi connectivity index (χ0n) is 21.4. The molecule has 11 heteroatoms. The number of hydrogen-bond acceptors (Lipinski definition) is 7. The van der Waals surface area contributed by atoms with Gasteiger partial charge in [-0.1, -0.05) is 0 Å². The third-order valence-corrected chi connectivity index (χ3v) is 5.80. The molecule has 9 nitrogen and oxygen atoms in total. The van der Waals surface area contributed by atoms with Crippen LogP contribution in [0.4, 0.5) is 13.6 Å². The summed E-state index contributed by atoms with van der Waals surface area (Å²) in [4.78, 5) is 31.7. The van der Waals surface area contributed by atoms with Crippen molar-refractivity contribution in [1.29, 1.82) is 0 Å². The zero-order chi connectivity index (χ0) is 26.7. The van der Waals surface area contributed by atoms with Gasteiger partial charge in [-0.25, -0.2) is 9.78 Å². The standard InChI is InChI=1S/C26H32F2N3O6/c1-15(29-25(33)37-26(2,3)4)21-20(23(32)31-11-5-6-12-31)30-22(36-21)17-9-10-18(35-24(27)28)19(13-17)34-14-16-7-8-16/h5,9-10,13,15-16,24H,6-8,11-12,14H2,1-4H3,(H,29,33)/t15-/m0/s1. The monoisotopic (exact) mass is 520 g/mol. The molecular formula is C26H32F2N3O6. The third kappa shape index (κ3) is 7.11. The number of benzene rings is 1. The Morgan fingerprint density at radius 3 is 2.62 bits per heavy atom. The van der Waals surface area contributed by atoms with Gasteiger partial charge in [0, 0.05) is 18.7 Å². The number of likely N-dealkylation sites (tertiary alicyclic amines) is 1. The molecule has 4 rings (SSSR count). The first-order chi connectivity index (χ1) is 17.5. The van der Waals surface area contributed by atoms with E-state index < -0.39 is 24.3 Å². The number of hydrogen-bond donors (Lipinski definition) is 1. The van der Waals surface area contributed by atoms with E-state index in [9.17, 15) is 18.4 Å². The number of halogens is 2. The van der Waals surface area contributed by atoms with E-state index >= 15 is 0 Å². The zero-order valence-corrected chi connectivity index (χ0v) is 21.4. The highest BCUT2D eigenvalue weighted by Gasteiger charge is 2.31. The fourth-order valence-electron chi connectivity index (χ4n) is 3.81. The first kappa shape index (κ1) is 26.7. The van der Waals surface area contributed by atoms with Crippen LogP contribution in [0.15, 0.2) is 22.6 Å². The van der Waals surface area contributed by atoms with Crippen LogP contribution < -0.4 is 14.8 Å². The van der Waals surface area contributed by atoms with Crippen molar-refractivity contribution in [2.24, 2.45) is 5.92 Å². The second-order valence-electron chi connectivity index (χ2n) is 10.2. The molecule has 1 aromatic heterocycles. The van der Waals surface area contributed by atoms with E-state index in [0.29, 0.717) is 31.2 Å². The van der Waals surface area contributed by atoms with E-state index in [1.165, 1.54) is 18.2 Å². The maximum absolute atomic E-state index is 13.3. The molecule has 0 spiro atoms. The molecule has 1 atom stereocenters. The lowest BCUT2D eigenvalue weighted by Crippen LogP contribution is -2.35. The van der Waals surface area contributed by atoms with Gasteiger partial charge in [0.15, 0.2) is 23.0 Å². The summed E-state index contributed by atoms with van der Waals surface area (Å²) in [6.07, 6.45) is 4.14. The molecule has 1 aromatic carbocycles. The minimum absolute atomic E-state index is 0.0576. The molecule has 0 bridgehead atoms. The van der Waals surface area contributed by atoms with Crippen molar-refractivity contribution in [3.8, 4) is 23.0 Å². The van der Waals surface area contributed by atoms with Crippen LogP contribution >= 0.6 is 0 Å². The Balaban J connectivity index is 1.65. The maximum atomic E-state index is 13.3. The summed E-state index contributed by atoms with van der Waals surface area (Å²) in [6.45, 7) is 5.29. The number of nitrogens with one attached hydrogen (secondary N) is 1. The minimum Gasteiger partial charge on any atom is -0.489 e. The lowest BCUT2D eigenvalue weighted by Gasteiger charge is -2.21. The van der Waals surface area contributed by atoms with E-state index in [4.69, 9.17) is 13.9 Å². The van der Waals surface area contributed by atoms with Crippen LogP contribution in [0.3, 0.4) is 0 Å². The van der Waals surface area contributed by atoms with E-state index in [0.717, 1.165) is 19.3 Å². The highest BCUT2D eigenvalue weighted by Crippen LogP contribution is 2.37. The predicted octanol–water partition coefficient (Wildman–Crippen LogP) is 5.37. The molecule has 1 saturated carbocycles. The minimum atomic E-state index is -3.01. The van der Waals surface area contributed by atoms with Gasteiger partial charge in [0.05, 0.1) is 12.6 Å². The quantitative estimate of drug-likeness (QED) is 0.474. The number of nitrogens with zero attached hydrogens (tertiary/aromatic N) is 2. The second-order valence-corrected chi connectivity index (χ2v) is 10.2. The summed E-state index contributed by atoms with van der Waals surface area (Å²) in [5, 5.41) is 2.68. The lowest BCUT2D eigenvalue weighted by molar-refractivity contribution is -0.0515. The van der Waals surface area contributed by atoms with Crippen molar-refractivity contribution in [2.75, 3.05) is 19.7 Å². The average Bonchev–Trinajstić information content (AvgIpc) is 3.28. The van der Waals surface area contributed by atoms with Crippen LogP contribution in [0.25, 0.3) is 11.5 Å². The number of carbonyl (C=O) groups excluding carboxylic acids is 2. The number of rotatable bonds is 9. The third-order valence-electron chi connectivity index (χ3n) is 5.80. The summed E-state index contributed by atoms with van der Waals surface area (Å²) in [5.74, 6) is 0.323. The van der Waals surface area contributed by atoms with Crippen LogP contribution in [-0.4, -0.2) is 53.8 Å². The van der Waals surface area contributed by atoms with Crippen LogP contribution in [-0.2, 0) is 4.74 Å². The van der Waals surface area contributed by atoms with E-state index in [-0.39, 0.29) is 34.8 Å². The van der Waals surface area contributed by atoms with E-state index in [1.807, 2.05) is 6.42 Å². The van der Waals surface area contributed by atoms with Gasteiger partial charge in [-0.05, 0) is 77.5 Å². The van der Waals surface area contributed by atoms with Crippen LogP contribution in [0.2, 0.25) is 0 Å². The van der Waals surface area contributed by atoms with Gasteiger partial charge in [0.25, 0.3) is 5.91 Å². The van der Waals surface area contributed by atoms with Gasteiger partial charge in [0.2, 0.25) is 5.89 Å². The lowest BCUT2D eigenvalue weighted by atomic mass is 10.2. The second kappa shape index (κ2) is 10.9. The Morgan fingerprint density at radius 2 is 2.00 bits per heavy atom. The molecule has 1 aliphatic carbocycles. The smallest absolute Gasteiger partial charge is 0.408 e. The Labute approximate surface area is 214 Å². The van der Waals surface area contributed by atoms with Crippen LogP contribution in [0.1, 0.15) is 69.2 Å². The molecule has 1 radical (unpaired) electrons. The highest BCUT2D eigenvalue weighted by atomic mass is 19.3. The fraction of sp³-hybridized carbons (Fsp3) is 0.538. The SMILES string of the molecule is C[C@H](NC(=O)OC(C)(C)C)c1oc(-c2ccc(OC(F)F)c(OCC3CC3)c2)nc1C(=O)N1C[CH]CC1. The molecule has 2 heterocycles. The molecule has 1 aliphatic heterocycles. The number of oxazole rings is 1. The largest absolute Gasteiger partial charge is 0.489 e. The molecule has 1 N–H and O–H groups in total. The van der Waals surface area contributed by atoms with Crippen LogP contribution in [0, 0.1) is 12.3 Å². The van der Waals surface area contributed by atoms with Crippen molar-refractivity contribution in [2.45, 2.75) is 65.2 Å². The van der Waals surface area contributed by atoms with Gasteiger partial charge in [-0.15, -0.1) is 0 Å². The topological polar surface area (TPSA) is 103 Å². The maximum Gasteiger partial charge on any atom is 0.408 e. The van der Waals surface area contributed by atoms with Crippen molar-refractivity contribution in [1.82, 2.24) is 15.2 Å². The van der Waals surface area contributed by atoms with Crippen molar-refractivity contribution in [3.63, 3.8) is 0 Å². The molecule has 2 aliphatic rings. The average molecular weight is 521 g/mol. The number of amides is 2. The summed E-state index contributed by atoms with van der Waals surface area (Å²) in [6, 6.07) is 3.61. The summed E-state index contributed by atoms with van der Waals surface area (Å²) in [5.41, 5.74) is -0.244. The Kier molecular flexibility index (Phi) is 7.89.